The number of anilines is 1. The average molecular weight is 332 g/mol. The largest absolute Gasteiger partial charge is 0.381 e. The lowest BCUT2D eigenvalue weighted by molar-refractivity contribution is 0.130. The summed E-state index contributed by atoms with van der Waals surface area (Å²) in [6, 6.07) is 0. The molecule has 0 radical (unpaired) electrons. The molecule has 0 amide bonds. The first kappa shape index (κ1) is 16.2. The van der Waals surface area contributed by atoms with Gasteiger partial charge in [-0.15, -0.1) is 11.3 Å². The van der Waals surface area contributed by atoms with E-state index in [2.05, 4.69) is 16.6 Å². The first-order chi connectivity index (χ1) is 10.1. The third-order valence-corrected chi connectivity index (χ3v) is 5.15. The van der Waals surface area contributed by atoms with Crippen molar-refractivity contribution in [2.75, 3.05) is 25.5 Å². The van der Waals surface area contributed by atoms with E-state index in [-0.39, 0.29) is 10.8 Å². The Morgan fingerprint density at radius 2 is 2.19 bits per heavy atom. The fourth-order valence-electron chi connectivity index (χ4n) is 1.85. The molecule has 2 aromatic rings. The highest BCUT2D eigenvalue weighted by atomic mass is 32.2. The molecule has 0 aromatic carbocycles. The first-order valence-corrected chi connectivity index (χ1v) is 9.21. The van der Waals surface area contributed by atoms with Crippen LogP contribution in [0.1, 0.15) is 26.2 Å². The maximum atomic E-state index is 12.3. The van der Waals surface area contributed by atoms with Crippen molar-refractivity contribution < 1.29 is 13.2 Å². The number of hydrogen-bond acceptors (Lipinski definition) is 6. The van der Waals surface area contributed by atoms with Gasteiger partial charge in [-0.3, -0.25) is 4.40 Å². The topological polar surface area (TPSA) is 98.7 Å². The van der Waals surface area contributed by atoms with Gasteiger partial charge in [0.05, 0.1) is 0 Å². The Kier molecular flexibility index (Phi) is 5.57. The van der Waals surface area contributed by atoms with Gasteiger partial charge < -0.3 is 10.5 Å². The van der Waals surface area contributed by atoms with E-state index in [4.69, 9.17) is 10.5 Å². The van der Waals surface area contributed by atoms with Gasteiger partial charge in [-0.1, -0.05) is 13.3 Å². The molecule has 0 aliphatic carbocycles. The Balaban J connectivity index is 1.90. The van der Waals surface area contributed by atoms with Crippen molar-refractivity contribution in [1.29, 1.82) is 0 Å². The van der Waals surface area contributed by atoms with Crippen LogP contribution in [0.5, 0.6) is 0 Å². The normalized spacial score (nSPS) is 12.2. The number of rotatable bonds is 9. The number of nitrogens with two attached hydrogens (primary N) is 1. The Morgan fingerprint density at radius 1 is 1.43 bits per heavy atom. The number of thiazole rings is 1. The van der Waals surface area contributed by atoms with E-state index in [1.54, 1.807) is 11.6 Å². The summed E-state index contributed by atoms with van der Waals surface area (Å²) in [5.41, 5.74) is 5.70. The Bertz CT molecular complexity index is 678. The SMILES string of the molecule is CCCCOCCCNS(=O)(=O)c1c(N)nc2sccn12. The van der Waals surface area contributed by atoms with Gasteiger partial charge in [0.1, 0.15) is 0 Å². The summed E-state index contributed by atoms with van der Waals surface area (Å²) in [6.07, 6.45) is 4.37. The Morgan fingerprint density at radius 3 is 2.95 bits per heavy atom. The van der Waals surface area contributed by atoms with Crippen LogP contribution >= 0.6 is 11.3 Å². The van der Waals surface area contributed by atoms with Gasteiger partial charge in [0.2, 0.25) is 0 Å². The summed E-state index contributed by atoms with van der Waals surface area (Å²) in [4.78, 5) is 4.60. The van der Waals surface area contributed by atoms with Crippen molar-refractivity contribution in [2.45, 2.75) is 31.2 Å². The number of ether oxygens (including phenoxy) is 1. The molecule has 0 saturated heterocycles. The molecule has 0 aliphatic heterocycles. The molecule has 9 heteroatoms. The molecule has 2 rings (SSSR count). The van der Waals surface area contributed by atoms with Gasteiger partial charge in [0.25, 0.3) is 10.0 Å². The summed E-state index contributed by atoms with van der Waals surface area (Å²) in [7, 11) is -3.66. The van der Waals surface area contributed by atoms with Crippen molar-refractivity contribution in [3.05, 3.63) is 11.6 Å². The van der Waals surface area contributed by atoms with Crippen molar-refractivity contribution in [3.8, 4) is 0 Å². The minimum absolute atomic E-state index is 0.00523. The second kappa shape index (κ2) is 7.21. The number of fused-ring (bicyclic) bond motifs is 1. The fourth-order valence-corrected chi connectivity index (χ4v) is 3.90. The van der Waals surface area contributed by atoms with Crippen LogP contribution in [0.2, 0.25) is 0 Å². The number of hydrogen-bond donors (Lipinski definition) is 2. The molecular weight excluding hydrogens is 312 g/mol. The summed E-state index contributed by atoms with van der Waals surface area (Å²) in [5, 5.41) is 1.77. The van der Waals surface area contributed by atoms with E-state index in [0.717, 1.165) is 12.8 Å². The van der Waals surface area contributed by atoms with Crippen LogP contribution in [-0.2, 0) is 14.8 Å². The monoisotopic (exact) mass is 332 g/mol. The van der Waals surface area contributed by atoms with Crippen LogP contribution in [0.4, 0.5) is 5.82 Å². The van der Waals surface area contributed by atoms with Gasteiger partial charge in [-0.2, -0.15) is 0 Å². The minimum atomic E-state index is -3.66. The van der Waals surface area contributed by atoms with Gasteiger partial charge in [0, 0.05) is 31.3 Å². The Labute approximate surface area is 128 Å². The first-order valence-electron chi connectivity index (χ1n) is 6.84. The van der Waals surface area contributed by atoms with Gasteiger partial charge in [-0.25, -0.2) is 18.1 Å². The van der Waals surface area contributed by atoms with E-state index in [1.807, 2.05) is 0 Å². The number of nitrogen functional groups attached to an aromatic ring is 1. The van der Waals surface area contributed by atoms with Crippen LogP contribution in [0.3, 0.4) is 0 Å². The zero-order chi connectivity index (χ0) is 15.3. The standard InChI is InChI=1S/C12H20N4O3S2/c1-2-3-7-19-8-4-5-14-21(17,18)11-10(13)15-12-16(11)6-9-20-12/h6,9,14H,2-5,7-8,13H2,1H3. The lowest BCUT2D eigenvalue weighted by Crippen LogP contribution is -2.27. The summed E-state index contributed by atoms with van der Waals surface area (Å²) < 4.78 is 33.9. The number of aromatic nitrogens is 2. The quantitative estimate of drug-likeness (QED) is 0.677. The third-order valence-electron chi connectivity index (χ3n) is 2.90. The third kappa shape index (κ3) is 3.94. The average Bonchev–Trinajstić information content (AvgIpc) is 2.96. The summed E-state index contributed by atoms with van der Waals surface area (Å²) in [6.45, 7) is 3.66. The molecule has 21 heavy (non-hydrogen) atoms. The fraction of sp³-hybridized carbons (Fsp3) is 0.583. The van der Waals surface area contributed by atoms with Gasteiger partial charge in [-0.05, 0) is 12.8 Å². The Hall–Kier alpha value is -1.16. The summed E-state index contributed by atoms with van der Waals surface area (Å²) in [5.74, 6) is 0.0218. The van der Waals surface area contributed by atoms with Crippen LogP contribution in [0, 0.1) is 0 Å². The zero-order valence-electron chi connectivity index (χ0n) is 11.9. The maximum absolute atomic E-state index is 12.3. The van der Waals surface area contributed by atoms with Crippen LogP contribution < -0.4 is 10.5 Å². The second-order valence-electron chi connectivity index (χ2n) is 4.58. The molecule has 0 aliphatic rings. The van der Waals surface area contributed by atoms with E-state index >= 15 is 0 Å². The predicted molar refractivity (Wildman–Crippen MR) is 83.0 cm³/mol. The molecule has 0 fully saturated rings. The van der Waals surface area contributed by atoms with E-state index in [0.29, 0.717) is 31.1 Å². The number of unbranched alkanes of at least 4 members (excludes halogenated alkanes) is 1. The molecular formula is C12H20N4O3S2. The van der Waals surface area contributed by atoms with Crippen LogP contribution in [0.25, 0.3) is 4.96 Å². The van der Waals surface area contributed by atoms with Gasteiger partial charge >= 0.3 is 0 Å². The van der Waals surface area contributed by atoms with Crippen molar-refractivity contribution >= 4 is 32.1 Å². The lowest BCUT2D eigenvalue weighted by Gasteiger charge is -2.07. The molecule has 2 heterocycles. The smallest absolute Gasteiger partial charge is 0.260 e. The number of imidazole rings is 1. The van der Waals surface area contributed by atoms with E-state index in [1.165, 1.54) is 15.7 Å². The van der Waals surface area contributed by atoms with Crippen LogP contribution in [-0.4, -0.2) is 37.6 Å². The maximum Gasteiger partial charge on any atom is 0.260 e. The molecule has 0 atom stereocenters. The van der Waals surface area contributed by atoms with E-state index in [9.17, 15) is 8.42 Å². The molecule has 118 valence electrons. The summed E-state index contributed by atoms with van der Waals surface area (Å²) >= 11 is 1.34. The zero-order valence-corrected chi connectivity index (χ0v) is 13.5. The predicted octanol–water partition coefficient (Wildman–Crippen LogP) is 1.46. The molecule has 0 saturated carbocycles. The molecule has 7 nitrogen and oxygen atoms in total. The molecule has 0 bridgehead atoms. The number of sulfonamides is 1. The highest BCUT2D eigenvalue weighted by molar-refractivity contribution is 7.89. The lowest BCUT2D eigenvalue weighted by atomic mass is 10.4. The van der Waals surface area contributed by atoms with Crippen molar-refractivity contribution in [1.82, 2.24) is 14.1 Å². The highest BCUT2D eigenvalue weighted by Gasteiger charge is 2.23. The van der Waals surface area contributed by atoms with E-state index < -0.39 is 10.0 Å². The van der Waals surface area contributed by atoms with Crippen molar-refractivity contribution in [3.63, 3.8) is 0 Å². The van der Waals surface area contributed by atoms with Gasteiger partial charge in [0.15, 0.2) is 15.8 Å². The van der Waals surface area contributed by atoms with Crippen LogP contribution in [0.15, 0.2) is 16.6 Å². The minimum Gasteiger partial charge on any atom is -0.381 e. The molecule has 2 aromatic heterocycles. The molecule has 3 N–H and O–H groups in total. The molecule has 0 spiro atoms. The van der Waals surface area contributed by atoms with Crippen molar-refractivity contribution in [2.24, 2.45) is 0 Å². The number of nitrogens with zero attached hydrogens (tertiary/aromatic N) is 2. The number of nitrogens with one attached hydrogen (secondary N) is 1. The molecule has 0 unspecified atom stereocenters. The highest BCUT2D eigenvalue weighted by Crippen LogP contribution is 2.22. The second-order valence-corrected chi connectivity index (χ2v) is 7.13.